The maximum atomic E-state index is 14.1. The SMILES string of the molecule is CCOC(=O)Cn1c(SCc2cccc(F)c2F)cc(=O)c2ccc(CN(C)C)cc21. The van der Waals surface area contributed by atoms with Gasteiger partial charge in [-0.2, -0.15) is 0 Å². The zero-order chi connectivity index (χ0) is 22.5. The Hall–Kier alpha value is -2.71. The second kappa shape index (κ2) is 10.1. The van der Waals surface area contributed by atoms with Gasteiger partial charge in [0.2, 0.25) is 0 Å². The predicted molar refractivity (Wildman–Crippen MR) is 118 cm³/mol. The van der Waals surface area contributed by atoms with Crippen LogP contribution >= 0.6 is 11.8 Å². The molecule has 0 fully saturated rings. The fourth-order valence-corrected chi connectivity index (χ4v) is 4.32. The van der Waals surface area contributed by atoms with Crippen molar-refractivity contribution in [2.45, 2.75) is 30.8 Å². The molecule has 3 aromatic rings. The zero-order valence-electron chi connectivity index (χ0n) is 17.7. The van der Waals surface area contributed by atoms with Crippen molar-refractivity contribution in [2.24, 2.45) is 0 Å². The van der Waals surface area contributed by atoms with Crippen molar-refractivity contribution in [2.75, 3.05) is 20.7 Å². The summed E-state index contributed by atoms with van der Waals surface area (Å²) in [5.74, 6) is -2.17. The third kappa shape index (κ3) is 5.51. The summed E-state index contributed by atoms with van der Waals surface area (Å²) in [6.45, 7) is 2.53. The monoisotopic (exact) mass is 446 g/mol. The highest BCUT2D eigenvalue weighted by Gasteiger charge is 2.16. The van der Waals surface area contributed by atoms with E-state index >= 15 is 0 Å². The van der Waals surface area contributed by atoms with Crippen LogP contribution in [0, 0.1) is 11.6 Å². The van der Waals surface area contributed by atoms with Crippen molar-refractivity contribution >= 4 is 28.6 Å². The summed E-state index contributed by atoms with van der Waals surface area (Å²) in [5, 5.41) is 0.962. The minimum absolute atomic E-state index is 0.0933. The Morgan fingerprint density at radius 2 is 1.94 bits per heavy atom. The highest BCUT2D eigenvalue weighted by Crippen LogP contribution is 2.27. The molecule has 0 atom stereocenters. The van der Waals surface area contributed by atoms with Crippen LogP contribution < -0.4 is 5.43 Å². The molecule has 0 radical (unpaired) electrons. The first-order chi connectivity index (χ1) is 14.8. The van der Waals surface area contributed by atoms with Gasteiger partial charge >= 0.3 is 5.97 Å². The maximum Gasteiger partial charge on any atom is 0.325 e. The van der Waals surface area contributed by atoms with Crippen LogP contribution in [-0.2, 0) is 28.4 Å². The molecule has 0 amide bonds. The number of thioether (sulfide) groups is 1. The molecule has 0 unspecified atom stereocenters. The van der Waals surface area contributed by atoms with Crippen molar-refractivity contribution in [3.05, 3.63) is 75.4 Å². The highest BCUT2D eigenvalue weighted by atomic mass is 32.2. The molecule has 0 N–H and O–H groups in total. The molecule has 164 valence electrons. The van der Waals surface area contributed by atoms with E-state index in [0.29, 0.717) is 22.5 Å². The van der Waals surface area contributed by atoms with Crippen LogP contribution in [0.1, 0.15) is 18.1 Å². The van der Waals surface area contributed by atoms with E-state index in [1.165, 1.54) is 30.0 Å². The average molecular weight is 447 g/mol. The fraction of sp³-hybridized carbons (Fsp3) is 0.304. The van der Waals surface area contributed by atoms with Gasteiger partial charge in [-0.3, -0.25) is 9.59 Å². The number of halogens is 2. The van der Waals surface area contributed by atoms with Crippen LogP contribution in [0.4, 0.5) is 8.78 Å². The minimum atomic E-state index is -0.922. The smallest absolute Gasteiger partial charge is 0.325 e. The standard InChI is InChI=1S/C23H24F2N2O3S/c1-4-30-22(29)13-27-19-10-15(12-26(2)3)8-9-17(19)20(28)11-21(27)31-14-16-6-5-7-18(24)23(16)25/h5-11H,4,12-14H2,1-3H3. The largest absolute Gasteiger partial charge is 0.465 e. The highest BCUT2D eigenvalue weighted by molar-refractivity contribution is 7.98. The summed E-state index contributed by atoms with van der Waals surface area (Å²) >= 11 is 1.17. The van der Waals surface area contributed by atoms with E-state index in [4.69, 9.17) is 4.74 Å². The van der Waals surface area contributed by atoms with E-state index in [2.05, 4.69) is 0 Å². The molecule has 0 spiro atoms. The lowest BCUT2D eigenvalue weighted by Crippen LogP contribution is -2.19. The number of aromatic nitrogens is 1. The van der Waals surface area contributed by atoms with Crippen LogP contribution in [0.15, 0.2) is 52.3 Å². The van der Waals surface area contributed by atoms with Gasteiger partial charge in [-0.15, -0.1) is 11.8 Å². The van der Waals surface area contributed by atoms with E-state index < -0.39 is 17.6 Å². The first kappa shape index (κ1) is 23.0. The number of fused-ring (bicyclic) bond motifs is 1. The number of rotatable bonds is 8. The van der Waals surface area contributed by atoms with Crippen molar-refractivity contribution in [3.8, 4) is 0 Å². The molecule has 5 nitrogen and oxygen atoms in total. The molecule has 0 saturated carbocycles. The number of hydrogen-bond donors (Lipinski definition) is 0. The Balaban J connectivity index is 2.08. The summed E-state index contributed by atoms with van der Waals surface area (Å²) < 4.78 is 34.5. The molecule has 1 heterocycles. The molecular weight excluding hydrogens is 422 g/mol. The molecular formula is C23H24F2N2O3S. The molecule has 2 aromatic carbocycles. The van der Waals surface area contributed by atoms with Gasteiger partial charge in [0.15, 0.2) is 17.1 Å². The Kier molecular flexibility index (Phi) is 7.46. The van der Waals surface area contributed by atoms with Crippen LogP contribution in [0.25, 0.3) is 10.9 Å². The van der Waals surface area contributed by atoms with Gasteiger partial charge in [0.1, 0.15) is 6.54 Å². The molecule has 0 aliphatic heterocycles. The molecule has 31 heavy (non-hydrogen) atoms. The van der Waals surface area contributed by atoms with Crippen LogP contribution in [0.2, 0.25) is 0 Å². The molecule has 0 aliphatic rings. The topological polar surface area (TPSA) is 51.5 Å². The normalized spacial score (nSPS) is 11.3. The fourth-order valence-electron chi connectivity index (χ4n) is 3.29. The number of benzene rings is 2. The minimum Gasteiger partial charge on any atom is -0.465 e. The van der Waals surface area contributed by atoms with Gasteiger partial charge in [-0.05, 0) is 44.8 Å². The number of carbonyl (C=O) groups is 1. The first-order valence-electron chi connectivity index (χ1n) is 9.82. The Bertz CT molecular complexity index is 1160. The molecule has 1 aromatic heterocycles. The summed E-state index contributed by atoms with van der Waals surface area (Å²) in [6, 6.07) is 10.9. The number of carbonyl (C=O) groups excluding carboxylic acids is 1. The molecule has 3 rings (SSSR count). The maximum absolute atomic E-state index is 14.1. The van der Waals surface area contributed by atoms with Crippen molar-refractivity contribution in [1.82, 2.24) is 9.47 Å². The van der Waals surface area contributed by atoms with E-state index in [9.17, 15) is 18.4 Å². The lowest BCUT2D eigenvalue weighted by molar-refractivity contribution is -0.143. The summed E-state index contributed by atoms with van der Waals surface area (Å²) in [6.07, 6.45) is 0. The van der Waals surface area contributed by atoms with Crippen LogP contribution in [0.3, 0.4) is 0 Å². The van der Waals surface area contributed by atoms with E-state index in [-0.39, 0.29) is 29.9 Å². The first-order valence-corrected chi connectivity index (χ1v) is 10.8. The molecule has 0 saturated heterocycles. The number of ether oxygens (including phenoxy) is 1. The number of pyridine rings is 1. The predicted octanol–water partition coefficient (Wildman–Crippen LogP) is 4.20. The number of hydrogen-bond acceptors (Lipinski definition) is 5. The van der Waals surface area contributed by atoms with Gasteiger partial charge in [0.25, 0.3) is 0 Å². The third-order valence-electron chi connectivity index (χ3n) is 4.64. The summed E-state index contributed by atoms with van der Waals surface area (Å²) in [5.41, 5.74) is 1.56. The van der Waals surface area contributed by atoms with Crippen LogP contribution in [0.5, 0.6) is 0 Å². The summed E-state index contributed by atoms with van der Waals surface area (Å²) in [7, 11) is 3.88. The van der Waals surface area contributed by atoms with Crippen molar-refractivity contribution < 1.29 is 18.3 Å². The van der Waals surface area contributed by atoms with Gasteiger partial charge in [-0.25, -0.2) is 8.78 Å². The van der Waals surface area contributed by atoms with Crippen molar-refractivity contribution in [1.29, 1.82) is 0 Å². The number of esters is 1. The Morgan fingerprint density at radius 3 is 2.65 bits per heavy atom. The second-order valence-corrected chi connectivity index (χ2v) is 8.32. The number of nitrogens with zero attached hydrogens (tertiary/aromatic N) is 2. The zero-order valence-corrected chi connectivity index (χ0v) is 18.5. The second-order valence-electron chi connectivity index (χ2n) is 7.33. The Morgan fingerprint density at radius 1 is 1.16 bits per heavy atom. The molecule has 0 aliphatic carbocycles. The summed E-state index contributed by atoms with van der Waals surface area (Å²) in [4.78, 5) is 27.0. The third-order valence-corrected chi connectivity index (χ3v) is 5.73. The van der Waals surface area contributed by atoms with Gasteiger partial charge in [0, 0.05) is 29.3 Å². The van der Waals surface area contributed by atoms with Crippen molar-refractivity contribution in [3.63, 3.8) is 0 Å². The lowest BCUT2D eigenvalue weighted by Gasteiger charge is -2.18. The Labute approximate surface area is 183 Å². The molecule has 8 heteroatoms. The van der Waals surface area contributed by atoms with Gasteiger partial charge < -0.3 is 14.2 Å². The quantitative estimate of drug-likeness (QED) is 0.384. The van der Waals surface area contributed by atoms with Crippen LogP contribution in [-0.4, -0.2) is 36.1 Å². The van der Waals surface area contributed by atoms with E-state index in [0.717, 1.165) is 11.6 Å². The van der Waals surface area contributed by atoms with Gasteiger partial charge in [-0.1, -0.05) is 18.2 Å². The van der Waals surface area contributed by atoms with E-state index in [1.807, 2.05) is 31.1 Å². The van der Waals surface area contributed by atoms with E-state index in [1.54, 1.807) is 17.6 Å². The van der Waals surface area contributed by atoms with Gasteiger partial charge in [0.05, 0.1) is 17.1 Å². The molecule has 0 bridgehead atoms. The lowest BCUT2D eigenvalue weighted by atomic mass is 10.1. The average Bonchev–Trinajstić information content (AvgIpc) is 2.71.